The van der Waals surface area contributed by atoms with E-state index in [9.17, 15) is 4.79 Å². The number of esters is 1. The van der Waals surface area contributed by atoms with Crippen molar-refractivity contribution in [2.24, 2.45) is 0 Å². The minimum Gasteiger partial charge on any atom is -0.468 e. The Labute approximate surface area is 64.5 Å². The molecule has 4 heteroatoms. The molecule has 1 fully saturated rings. The molecule has 1 heterocycles. The van der Waals surface area contributed by atoms with Gasteiger partial charge < -0.3 is 4.74 Å². The molecule has 1 aliphatic heterocycles. The summed E-state index contributed by atoms with van der Waals surface area (Å²) < 4.78 is 4.59. The third-order valence-corrected chi connectivity index (χ3v) is 2.71. The summed E-state index contributed by atoms with van der Waals surface area (Å²) in [5.41, 5.74) is 0. The third kappa shape index (κ3) is 1.44. The Morgan fingerprint density at radius 2 is 2.50 bits per heavy atom. The molecular formula is C6H11NO2S. The number of hydrogen-bond acceptors (Lipinski definition) is 4. The van der Waals surface area contributed by atoms with Crippen LogP contribution in [0, 0.1) is 0 Å². The lowest BCUT2D eigenvalue weighted by molar-refractivity contribution is -0.142. The van der Waals surface area contributed by atoms with Crippen molar-refractivity contribution in [1.29, 1.82) is 0 Å². The highest BCUT2D eigenvalue weighted by molar-refractivity contribution is 8.00. The Balaban J connectivity index is 2.46. The van der Waals surface area contributed by atoms with Crippen molar-refractivity contribution in [2.75, 3.05) is 13.0 Å². The average molecular weight is 161 g/mol. The van der Waals surface area contributed by atoms with Crippen LogP contribution in [0.3, 0.4) is 0 Å². The van der Waals surface area contributed by atoms with Crippen molar-refractivity contribution in [3.05, 3.63) is 0 Å². The predicted octanol–water partition coefficient (Wildman–Crippen LogP) is 0.210. The Bertz CT molecular complexity index is 140. The summed E-state index contributed by atoms with van der Waals surface area (Å²) in [5, 5.41) is 3.39. The summed E-state index contributed by atoms with van der Waals surface area (Å²) in [4.78, 5) is 10.9. The fourth-order valence-corrected chi connectivity index (χ4v) is 1.87. The van der Waals surface area contributed by atoms with Gasteiger partial charge in [0, 0.05) is 11.1 Å². The number of carbonyl (C=O) groups excluding carboxylic acids is 1. The van der Waals surface area contributed by atoms with E-state index in [-0.39, 0.29) is 12.0 Å². The van der Waals surface area contributed by atoms with Crippen molar-refractivity contribution in [1.82, 2.24) is 5.32 Å². The summed E-state index contributed by atoms with van der Waals surface area (Å²) in [7, 11) is 1.42. The van der Waals surface area contributed by atoms with Gasteiger partial charge >= 0.3 is 5.97 Å². The first-order chi connectivity index (χ1) is 4.75. The summed E-state index contributed by atoms with van der Waals surface area (Å²) in [6, 6.07) is -0.102. The molecule has 0 saturated carbocycles. The van der Waals surface area contributed by atoms with Gasteiger partial charge in [0.2, 0.25) is 0 Å². The second kappa shape index (κ2) is 3.25. The van der Waals surface area contributed by atoms with Crippen LogP contribution in [0.25, 0.3) is 0 Å². The van der Waals surface area contributed by atoms with Crippen LogP contribution in [0.1, 0.15) is 6.92 Å². The molecule has 1 rings (SSSR count). The van der Waals surface area contributed by atoms with E-state index in [2.05, 4.69) is 10.1 Å². The molecule has 0 amide bonds. The van der Waals surface area contributed by atoms with Gasteiger partial charge in [0.15, 0.2) is 0 Å². The van der Waals surface area contributed by atoms with Gasteiger partial charge in [-0.3, -0.25) is 10.1 Å². The lowest BCUT2D eigenvalue weighted by Gasteiger charge is -2.10. The molecule has 0 aliphatic carbocycles. The van der Waals surface area contributed by atoms with Gasteiger partial charge in [-0.05, 0) is 0 Å². The Morgan fingerprint density at radius 3 is 2.90 bits per heavy atom. The van der Waals surface area contributed by atoms with Crippen molar-refractivity contribution < 1.29 is 9.53 Å². The van der Waals surface area contributed by atoms with Crippen molar-refractivity contribution >= 4 is 17.7 Å². The van der Waals surface area contributed by atoms with E-state index in [1.165, 1.54) is 7.11 Å². The van der Waals surface area contributed by atoms with E-state index >= 15 is 0 Å². The molecule has 10 heavy (non-hydrogen) atoms. The van der Waals surface area contributed by atoms with Crippen molar-refractivity contribution in [3.63, 3.8) is 0 Å². The molecule has 0 spiro atoms. The molecule has 0 bridgehead atoms. The molecule has 1 N–H and O–H groups in total. The molecular weight excluding hydrogens is 150 g/mol. The first-order valence-electron chi connectivity index (χ1n) is 3.18. The molecule has 0 aromatic carbocycles. The fourth-order valence-electron chi connectivity index (χ4n) is 0.933. The van der Waals surface area contributed by atoms with Gasteiger partial charge in [0.25, 0.3) is 0 Å². The summed E-state index contributed by atoms with van der Waals surface area (Å²) in [5.74, 6) is 0.693. The van der Waals surface area contributed by atoms with E-state index in [4.69, 9.17) is 0 Å². The van der Waals surface area contributed by atoms with Crippen LogP contribution in [-0.2, 0) is 9.53 Å². The number of carbonyl (C=O) groups is 1. The molecule has 0 aromatic heterocycles. The lowest BCUT2D eigenvalue weighted by atomic mass is 10.2. The fraction of sp³-hybridized carbons (Fsp3) is 0.833. The quantitative estimate of drug-likeness (QED) is 0.558. The van der Waals surface area contributed by atoms with Crippen molar-refractivity contribution in [2.45, 2.75) is 18.2 Å². The van der Waals surface area contributed by atoms with Crippen LogP contribution in [0.15, 0.2) is 0 Å². The summed E-state index contributed by atoms with van der Waals surface area (Å²) in [6.07, 6.45) is 0. The highest BCUT2D eigenvalue weighted by atomic mass is 32.2. The zero-order valence-corrected chi connectivity index (χ0v) is 6.90. The zero-order valence-electron chi connectivity index (χ0n) is 6.09. The molecule has 0 aromatic rings. The van der Waals surface area contributed by atoms with Crippen molar-refractivity contribution in [3.8, 4) is 0 Å². The maximum Gasteiger partial charge on any atom is 0.324 e. The highest BCUT2D eigenvalue weighted by Crippen LogP contribution is 2.20. The number of nitrogens with one attached hydrogen (secondary N) is 1. The van der Waals surface area contributed by atoms with Gasteiger partial charge in [0.1, 0.15) is 6.04 Å². The predicted molar refractivity (Wildman–Crippen MR) is 40.9 cm³/mol. The number of methoxy groups -OCH3 is 1. The number of thioether (sulfide) groups is 1. The van der Waals surface area contributed by atoms with Gasteiger partial charge in [-0.2, -0.15) is 0 Å². The smallest absolute Gasteiger partial charge is 0.324 e. The Hall–Kier alpha value is -0.220. The van der Waals surface area contributed by atoms with E-state index in [0.29, 0.717) is 5.25 Å². The number of rotatable bonds is 1. The van der Waals surface area contributed by atoms with Crippen LogP contribution in [0.5, 0.6) is 0 Å². The first-order valence-corrected chi connectivity index (χ1v) is 4.23. The van der Waals surface area contributed by atoms with Gasteiger partial charge in [0.05, 0.1) is 7.11 Å². The topological polar surface area (TPSA) is 38.3 Å². The largest absolute Gasteiger partial charge is 0.468 e. The van der Waals surface area contributed by atoms with Crippen LogP contribution >= 0.6 is 11.8 Å². The zero-order chi connectivity index (χ0) is 7.56. The Morgan fingerprint density at radius 1 is 1.80 bits per heavy atom. The monoisotopic (exact) mass is 161 g/mol. The van der Waals surface area contributed by atoms with Gasteiger partial charge in [-0.25, -0.2) is 0 Å². The van der Waals surface area contributed by atoms with E-state index in [1.54, 1.807) is 11.8 Å². The molecule has 2 atom stereocenters. The van der Waals surface area contributed by atoms with E-state index in [1.807, 2.05) is 6.92 Å². The normalized spacial score (nSPS) is 32.2. The molecule has 1 aliphatic rings. The van der Waals surface area contributed by atoms with Gasteiger partial charge in [-0.1, -0.05) is 6.92 Å². The van der Waals surface area contributed by atoms with Crippen LogP contribution in [0.2, 0.25) is 0 Å². The standard InChI is InChI=1S/C6H11NO2S/c1-4-5(6(8)9-2)7-3-10-4/h4-5,7H,3H2,1-2H3. The molecule has 0 radical (unpaired) electrons. The number of ether oxygens (including phenoxy) is 1. The highest BCUT2D eigenvalue weighted by Gasteiger charge is 2.30. The van der Waals surface area contributed by atoms with Crippen LogP contribution < -0.4 is 5.32 Å². The molecule has 3 nitrogen and oxygen atoms in total. The lowest BCUT2D eigenvalue weighted by Crippen LogP contribution is -2.37. The minimum absolute atomic E-state index is 0.102. The SMILES string of the molecule is COC(=O)C1NCSC1C. The van der Waals surface area contributed by atoms with Crippen LogP contribution in [0.4, 0.5) is 0 Å². The maximum atomic E-state index is 10.9. The molecule has 2 unspecified atom stereocenters. The third-order valence-electron chi connectivity index (χ3n) is 1.57. The second-order valence-corrected chi connectivity index (χ2v) is 3.59. The molecule has 58 valence electrons. The summed E-state index contributed by atoms with van der Waals surface area (Å²) in [6.45, 7) is 2.02. The average Bonchev–Trinajstić information content (AvgIpc) is 2.34. The maximum absolute atomic E-state index is 10.9. The molecule has 1 saturated heterocycles. The Kier molecular flexibility index (Phi) is 2.56. The van der Waals surface area contributed by atoms with E-state index < -0.39 is 0 Å². The first kappa shape index (κ1) is 7.88. The van der Waals surface area contributed by atoms with Gasteiger partial charge in [-0.15, -0.1) is 11.8 Å². The number of hydrogen-bond donors (Lipinski definition) is 1. The minimum atomic E-state index is -0.155. The van der Waals surface area contributed by atoms with E-state index in [0.717, 1.165) is 5.88 Å². The second-order valence-electron chi connectivity index (χ2n) is 2.22. The van der Waals surface area contributed by atoms with Crippen LogP contribution in [-0.4, -0.2) is 30.2 Å². The summed E-state index contributed by atoms with van der Waals surface area (Å²) >= 11 is 1.74.